The quantitative estimate of drug-likeness (QED) is 0.660. The summed E-state index contributed by atoms with van der Waals surface area (Å²) in [6.07, 6.45) is 3.08. The minimum absolute atomic E-state index is 0.140. The number of anilines is 1. The zero-order valence-corrected chi connectivity index (χ0v) is 17.6. The van der Waals surface area contributed by atoms with Gasteiger partial charge in [0.05, 0.1) is 21.7 Å². The van der Waals surface area contributed by atoms with Gasteiger partial charge in [0.2, 0.25) is 5.95 Å². The van der Waals surface area contributed by atoms with Crippen LogP contribution in [0, 0.1) is 6.92 Å². The van der Waals surface area contributed by atoms with E-state index in [9.17, 15) is 4.79 Å². The van der Waals surface area contributed by atoms with Crippen LogP contribution in [0.3, 0.4) is 0 Å². The summed E-state index contributed by atoms with van der Waals surface area (Å²) in [4.78, 5) is 27.6. The Bertz CT molecular complexity index is 984. The van der Waals surface area contributed by atoms with Gasteiger partial charge in [-0.15, -0.1) is 11.3 Å². The second kappa shape index (κ2) is 7.91. The lowest BCUT2D eigenvalue weighted by Gasteiger charge is -2.35. The van der Waals surface area contributed by atoms with E-state index >= 15 is 0 Å². The second-order valence-electron chi connectivity index (χ2n) is 7.35. The molecule has 1 saturated heterocycles. The van der Waals surface area contributed by atoms with Gasteiger partial charge in [-0.25, -0.2) is 9.97 Å². The van der Waals surface area contributed by atoms with Crippen LogP contribution in [0.15, 0.2) is 24.3 Å². The number of aromatic nitrogens is 3. The van der Waals surface area contributed by atoms with Gasteiger partial charge >= 0.3 is 0 Å². The molecule has 0 radical (unpaired) electrons. The van der Waals surface area contributed by atoms with Gasteiger partial charge in [-0.3, -0.25) is 4.79 Å². The molecule has 0 saturated carbocycles. The Kier molecular flexibility index (Phi) is 5.35. The minimum atomic E-state index is 0.140. The number of hydrogen-bond donors (Lipinski definition) is 0. The van der Waals surface area contributed by atoms with Crippen LogP contribution in [0.1, 0.15) is 40.1 Å². The standard InChI is InChI=1S/C21H27N5OS/c1-4-5-8-17-19(28-15(2)22-17)20(27)25-11-13-26(14-12-25)21-23-16-9-6-7-10-18(16)24(21)3/h6-7,9-10H,4-5,8,11-14H2,1-3H3. The molecule has 2 aromatic heterocycles. The molecule has 0 atom stereocenters. The molecular weight excluding hydrogens is 370 g/mol. The SMILES string of the molecule is CCCCc1nc(C)sc1C(=O)N1CCN(c2nc3ccccc3n2C)CC1. The van der Waals surface area contributed by atoms with Crippen LogP contribution in [0.4, 0.5) is 5.95 Å². The van der Waals surface area contributed by atoms with Crippen molar-refractivity contribution in [2.75, 3.05) is 31.1 Å². The number of aryl methyl sites for hydroxylation is 3. The molecule has 0 aliphatic carbocycles. The average Bonchev–Trinajstić information content (AvgIpc) is 3.26. The molecule has 0 unspecified atom stereocenters. The van der Waals surface area contributed by atoms with Crippen molar-refractivity contribution in [2.24, 2.45) is 7.05 Å². The number of hydrogen-bond acceptors (Lipinski definition) is 5. The third kappa shape index (κ3) is 3.51. The highest BCUT2D eigenvalue weighted by molar-refractivity contribution is 7.13. The van der Waals surface area contributed by atoms with Crippen LogP contribution >= 0.6 is 11.3 Å². The summed E-state index contributed by atoms with van der Waals surface area (Å²) < 4.78 is 2.14. The van der Waals surface area contributed by atoms with Crippen LogP contribution in [0.25, 0.3) is 11.0 Å². The summed E-state index contributed by atoms with van der Waals surface area (Å²) in [5.74, 6) is 1.12. The van der Waals surface area contributed by atoms with Crippen LogP contribution in [0.2, 0.25) is 0 Å². The average molecular weight is 398 g/mol. The molecule has 0 N–H and O–H groups in total. The summed E-state index contributed by atoms with van der Waals surface area (Å²) in [5.41, 5.74) is 3.13. The Balaban J connectivity index is 1.46. The van der Waals surface area contributed by atoms with E-state index in [1.54, 1.807) is 0 Å². The van der Waals surface area contributed by atoms with E-state index in [0.717, 1.165) is 64.9 Å². The van der Waals surface area contributed by atoms with Gasteiger partial charge in [0.25, 0.3) is 5.91 Å². The van der Waals surface area contributed by atoms with Crippen molar-refractivity contribution in [1.29, 1.82) is 0 Å². The number of amides is 1. The molecule has 0 bridgehead atoms. The predicted octanol–water partition coefficient (Wildman–Crippen LogP) is 3.64. The Morgan fingerprint density at radius 3 is 2.61 bits per heavy atom. The molecule has 7 heteroatoms. The molecule has 0 spiro atoms. The third-order valence-corrected chi connectivity index (χ3v) is 6.38. The first-order chi connectivity index (χ1) is 13.6. The largest absolute Gasteiger partial charge is 0.339 e. The number of rotatable bonds is 5. The highest BCUT2D eigenvalue weighted by atomic mass is 32.1. The Hall–Kier alpha value is -2.41. The lowest BCUT2D eigenvalue weighted by molar-refractivity contribution is 0.0749. The van der Waals surface area contributed by atoms with Crippen molar-refractivity contribution in [1.82, 2.24) is 19.4 Å². The zero-order valence-electron chi connectivity index (χ0n) is 16.8. The lowest BCUT2D eigenvalue weighted by atomic mass is 10.1. The van der Waals surface area contributed by atoms with E-state index in [2.05, 4.69) is 34.5 Å². The molecular formula is C21H27N5OS. The predicted molar refractivity (Wildman–Crippen MR) is 114 cm³/mol. The number of thiazole rings is 1. The van der Waals surface area contributed by atoms with E-state index in [4.69, 9.17) is 4.98 Å². The van der Waals surface area contributed by atoms with Crippen molar-refractivity contribution in [3.63, 3.8) is 0 Å². The van der Waals surface area contributed by atoms with Crippen LogP contribution in [0.5, 0.6) is 0 Å². The Morgan fingerprint density at radius 2 is 1.89 bits per heavy atom. The van der Waals surface area contributed by atoms with Crippen LogP contribution < -0.4 is 4.90 Å². The van der Waals surface area contributed by atoms with Gasteiger partial charge in [0, 0.05) is 33.2 Å². The summed E-state index contributed by atoms with van der Waals surface area (Å²) in [7, 11) is 2.06. The van der Waals surface area contributed by atoms with Crippen molar-refractivity contribution in [3.8, 4) is 0 Å². The molecule has 3 heterocycles. The molecule has 1 aromatic carbocycles. The number of imidazole rings is 1. The topological polar surface area (TPSA) is 54.3 Å². The highest BCUT2D eigenvalue weighted by Crippen LogP contribution is 2.25. The number of fused-ring (bicyclic) bond motifs is 1. The fourth-order valence-electron chi connectivity index (χ4n) is 3.82. The van der Waals surface area contributed by atoms with Crippen LogP contribution in [-0.4, -0.2) is 51.5 Å². The van der Waals surface area contributed by atoms with Gasteiger partial charge in [-0.05, 0) is 31.9 Å². The lowest BCUT2D eigenvalue weighted by Crippen LogP contribution is -2.49. The molecule has 28 heavy (non-hydrogen) atoms. The monoisotopic (exact) mass is 397 g/mol. The van der Waals surface area contributed by atoms with E-state index in [-0.39, 0.29) is 5.91 Å². The normalized spacial score (nSPS) is 14.8. The number of carbonyl (C=O) groups is 1. The van der Waals surface area contributed by atoms with Crippen molar-refractivity contribution in [2.45, 2.75) is 33.1 Å². The van der Waals surface area contributed by atoms with E-state index in [0.29, 0.717) is 13.1 Å². The van der Waals surface area contributed by atoms with Crippen LogP contribution in [-0.2, 0) is 13.5 Å². The van der Waals surface area contributed by atoms with Gasteiger partial charge < -0.3 is 14.4 Å². The number of nitrogens with zero attached hydrogens (tertiary/aromatic N) is 5. The Labute approximate surface area is 169 Å². The zero-order chi connectivity index (χ0) is 19.7. The number of carbonyl (C=O) groups excluding carboxylic acids is 1. The first kappa shape index (κ1) is 18.9. The maximum absolute atomic E-state index is 13.1. The molecule has 1 aliphatic rings. The van der Waals surface area contributed by atoms with Crippen molar-refractivity contribution in [3.05, 3.63) is 39.8 Å². The van der Waals surface area contributed by atoms with Gasteiger partial charge in [0.1, 0.15) is 4.88 Å². The maximum Gasteiger partial charge on any atom is 0.265 e. The molecule has 4 rings (SSSR count). The van der Waals surface area contributed by atoms with E-state index in [1.165, 1.54) is 11.3 Å². The van der Waals surface area contributed by atoms with Gasteiger partial charge in [-0.1, -0.05) is 25.5 Å². The number of benzene rings is 1. The first-order valence-electron chi connectivity index (χ1n) is 10.0. The molecule has 1 fully saturated rings. The molecule has 1 amide bonds. The second-order valence-corrected chi connectivity index (χ2v) is 8.55. The summed E-state index contributed by atoms with van der Waals surface area (Å²) in [6.45, 7) is 7.18. The number of piperazine rings is 1. The molecule has 1 aliphatic heterocycles. The van der Waals surface area contributed by atoms with Crippen molar-refractivity contribution < 1.29 is 4.79 Å². The minimum Gasteiger partial charge on any atom is -0.339 e. The summed E-state index contributed by atoms with van der Waals surface area (Å²) in [5, 5.41) is 0.979. The first-order valence-corrected chi connectivity index (χ1v) is 10.8. The van der Waals surface area contributed by atoms with Gasteiger partial charge in [-0.2, -0.15) is 0 Å². The number of unbranched alkanes of at least 4 members (excludes halogenated alkanes) is 1. The molecule has 148 valence electrons. The van der Waals surface area contributed by atoms with E-state index in [1.807, 2.05) is 30.0 Å². The van der Waals surface area contributed by atoms with E-state index < -0.39 is 0 Å². The molecule has 3 aromatic rings. The number of para-hydroxylation sites is 2. The summed E-state index contributed by atoms with van der Waals surface area (Å²) >= 11 is 1.54. The maximum atomic E-state index is 13.1. The highest BCUT2D eigenvalue weighted by Gasteiger charge is 2.27. The fourth-order valence-corrected chi connectivity index (χ4v) is 4.75. The fraction of sp³-hybridized carbons (Fsp3) is 0.476. The summed E-state index contributed by atoms with van der Waals surface area (Å²) in [6, 6.07) is 8.19. The van der Waals surface area contributed by atoms with Gasteiger partial charge in [0.15, 0.2) is 0 Å². The smallest absolute Gasteiger partial charge is 0.265 e. The van der Waals surface area contributed by atoms with Crippen molar-refractivity contribution >= 4 is 34.2 Å². The third-order valence-electron chi connectivity index (χ3n) is 5.38. The molecule has 6 nitrogen and oxygen atoms in total. The Morgan fingerprint density at radius 1 is 1.14 bits per heavy atom.